The normalized spacial score (nSPS) is 22.8. The van der Waals surface area contributed by atoms with Crippen molar-refractivity contribution < 1.29 is 14.6 Å². The average molecular weight is 267 g/mol. The summed E-state index contributed by atoms with van der Waals surface area (Å²) < 4.78 is 5.39. The molecule has 1 fully saturated rings. The third-order valence-corrected chi connectivity index (χ3v) is 3.75. The van der Waals surface area contributed by atoms with Gasteiger partial charge in [0.2, 0.25) is 5.91 Å². The Morgan fingerprint density at radius 1 is 1.37 bits per heavy atom. The second kappa shape index (κ2) is 8.95. The third-order valence-electron chi connectivity index (χ3n) is 3.75. The van der Waals surface area contributed by atoms with Crippen molar-refractivity contribution in [1.29, 1.82) is 0 Å². The van der Waals surface area contributed by atoms with E-state index in [1.165, 1.54) is 0 Å². The van der Waals surface area contributed by atoms with Gasteiger partial charge in [0, 0.05) is 19.0 Å². The fourth-order valence-corrected chi connectivity index (χ4v) is 2.55. The fourth-order valence-electron chi connectivity index (χ4n) is 2.55. The lowest BCUT2D eigenvalue weighted by Gasteiger charge is -2.35. The minimum Gasteiger partial charge on any atom is -0.387 e. The molecule has 0 heterocycles. The van der Waals surface area contributed by atoms with Crippen LogP contribution < -0.4 is 0 Å². The van der Waals surface area contributed by atoms with Crippen LogP contribution in [0.1, 0.15) is 39.0 Å². The van der Waals surface area contributed by atoms with Crippen LogP contribution in [-0.4, -0.2) is 48.3 Å². The number of carbonyl (C=O) groups excluding carboxylic acids is 1. The summed E-state index contributed by atoms with van der Waals surface area (Å²) in [6.45, 7) is 3.38. The maximum absolute atomic E-state index is 11.8. The first-order chi connectivity index (χ1) is 9.19. The molecule has 0 unspecified atom stereocenters. The number of nitrogens with zero attached hydrogens (tertiary/aromatic N) is 1. The van der Waals surface area contributed by atoms with Crippen LogP contribution in [0.25, 0.3) is 0 Å². The first kappa shape index (κ1) is 16.0. The molecule has 0 aliphatic heterocycles. The van der Waals surface area contributed by atoms with Crippen LogP contribution in [0, 0.1) is 18.3 Å². The molecule has 0 aromatic rings. The molecule has 19 heavy (non-hydrogen) atoms. The molecular formula is C15H25NO3. The van der Waals surface area contributed by atoms with Gasteiger partial charge >= 0.3 is 0 Å². The Kier molecular flexibility index (Phi) is 7.54. The second-order valence-corrected chi connectivity index (χ2v) is 5.23. The predicted octanol–water partition coefficient (Wildman–Crippen LogP) is 1.43. The van der Waals surface area contributed by atoms with Crippen molar-refractivity contribution in [3.8, 4) is 12.3 Å². The highest BCUT2D eigenvalue weighted by Crippen LogP contribution is 2.27. The highest BCUT2D eigenvalue weighted by Gasteiger charge is 2.26. The lowest BCUT2D eigenvalue weighted by Crippen LogP contribution is -2.45. The smallest absolute Gasteiger partial charge is 0.248 e. The van der Waals surface area contributed by atoms with Crippen molar-refractivity contribution >= 4 is 5.91 Å². The summed E-state index contributed by atoms with van der Waals surface area (Å²) in [5.74, 6) is 3.06. The van der Waals surface area contributed by atoms with Gasteiger partial charge in [-0.1, -0.05) is 6.92 Å². The van der Waals surface area contributed by atoms with Crippen molar-refractivity contribution in [2.24, 2.45) is 5.92 Å². The molecule has 0 saturated heterocycles. The van der Waals surface area contributed by atoms with Gasteiger partial charge in [-0.2, -0.15) is 0 Å². The van der Waals surface area contributed by atoms with Crippen molar-refractivity contribution in [3.63, 3.8) is 0 Å². The highest BCUT2D eigenvalue weighted by atomic mass is 16.5. The van der Waals surface area contributed by atoms with Crippen LogP contribution in [0.5, 0.6) is 0 Å². The second-order valence-electron chi connectivity index (χ2n) is 5.23. The first-order valence-corrected chi connectivity index (χ1v) is 7.10. The zero-order valence-corrected chi connectivity index (χ0v) is 11.8. The van der Waals surface area contributed by atoms with E-state index in [9.17, 15) is 4.79 Å². The van der Waals surface area contributed by atoms with E-state index < -0.39 is 6.61 Å². The minimum atomic E-state index is -0.420. The topological polar surface area (TPSA) is 49.8 Å². The summed E-state index contributed by atoms with van der Waals surface area (Å²) in [5, 5.41) is 9.07. The molecule has 1 rings (SSSR count). The van der Waals surface area contributed by atoms with Gasteiger partial charge in [-0.05, 0) is 31.6 Å². The Morgan fingerprint density at radius 2 is 2.05 bits per heavy atom. The summed E-state index contributed by atoms with van der Waals surface area (Å²) in [4.78, 5) is 13.6. The Morgan fingerprint density at radius 3 is 2.63 bits per heavy atom. The number of aliphatic hydroxyl groups excluding tert-OH is 1. The van der Waals surface area contributed by atoms with Gasteiger partial charge in [-0.25, -0.2) is 0 Å². The van der Waals surface area contributed by atoms with Gasteiger partial charge in [0.05, 0.1) is 13.2 Å². The SMILES string of the molecule is C#CCCOCCN(C(=O)CO)[C@H]1CC[C@@H](C)CC1. The molecular weight excluding hydrogens is 242 g/mol. The Hall–Kier alpha value is -1.05. The van der Waals surface area contributed by atoms with Gasteiger partial charge in [0.25, 0.3) is 0 Å². The van der Waals surface area contributed by atoms with Gasteiger partial charge in [0.1, 0.15) is 6.61 Å². The number of ether oxygens (including phenoxy) is 1. The standard InChI is InChI=1S/C15H25NO3/c1-3-4-10-19-11-9-16(15(18)12-17)14-7-5-13(2)6-8-14/h1,13-14,17H,4-12H2,2H3/t13-,14+. The molecule has 0 radical (unpaired) electrons. The number of amides is 1. The molecule has 0 spiro atoms. The summed E-state index contributed by atoms with van der Waals surface area (Å²) in [7, 11) is 0. The van der Waals surface area contributed by atoms with Crippen LogP contribution in [0.15, 0.2) is 0 Å². The minimum absolute atomic E-state index is 0.194. The number of hydrogen-bond donors (Lipinski definition) is 1. The van der Waals surface area contributed by atoms with Gasteiger partial charge in [0.15, 0.2) is 0 Å². The lowest BCUT2D eigenvalue weighted by molar-refractivity contribution is -0.138. The number of terminal acetylenes is 1. The zero-order chi connectivity index (χ0) is 14.1. The zero-order valence-electron chi connectivity index (χ0n) is 11.8. The predicted molar refractivity (Wildman–Crippen MR) is 74.5 cm³/mol. The van der Waals surface area contributed by atoms with E-state index in [1.54, 1.807) is 4.90 Å². The molecule has 1 aliphatic carbocycles. The van der Waals surface area contributed by atoms with E-state index in [0.717, 1.165) is 31.6 Å². The van der Waals surface area contributed by atoms with E-state index in [0.29, 0.717) is 26.2 Å². The molecule has 1 N–H and O–H groups in total. The van der Waals surface area contributed by atoms with E-state index in [1.807, 2.05) is 0 Å². The van der Waals surface area contributed by atoms with E-state index in [-0.39, 0.29) is 11.9 Å². The number of carbonyl (C=O) groups is 1. The summed E-state index contributed by atoms with van der Waals surface area (Å²) in [6.07, 6.45) is 10.1. The van der Waals surface area contributed by atoms with Gasteiger partial charge in [-0.15, -0.1) is 12.3 Å². The van der Waals surface area contributed by atoms with E-state index in [4.69, 9.17) is 16.3 Å². The Labute approximate surface area is 116 Å². The van der Waals surface area contributed by atoms with E-state index >= 15 is 0 Å². The van der Waals surface area contributed by atoms with Crippen molar-refractivity contribution in [1.82, 2.24) is 4.90 Å². The van der Waals surface area contributed by atoms with Crippen molar-refractivity contribution in [2.75, 3.05) is 26.4 Å². The van der Waals surface area contributed by atoms with Gasteiger partial charge < -0.3 is 14.7 Å². The highest BCUT2D eigenvalue weighted by molar-refractivity contribution is 5.77. The van der Waals surface area contributed by atoms with Crippen LogP contribution in [0.4, 0.5) is 0 Å². The molecule has 4 nitrogen and oxygen atoms in total. The molecule has 0 atom stereocenters. The van der Waals surface area contributed by atoms with Crippen molar-refractivity contribution in [2.45, 2.75) is 45.1 Å². The summed E-state index contributed by atoms with van der Waals surface area (Å²) in [6, 6.07) is 0.257. The molecule has 1 aliphatic rings. The molecule has 0 aromatic heterocycles. The molecule has 1 amide bonds. The molecule has 1 saturated carbocycles. The lowest BCUT2D eigenvalue weighted by atomic mass is 9.86. The number of aliphatic hydroxyl groups is 1. The Balaban J connectivity index is 2.39. The number of rotatable bonds is 7. The molecule has 0 aromatic carbocycles. The maximum atomic E-state index is 11.8. The largest absolute Gasteiger partial charge is 0.387 e. The molecule has 4 heteroatoms. The fraction of sp³-hybridized carbons (Fsp3) is 0.800. The van der Waals surface area contributed by atoms with Gasteiger partial charge in [-0.3, -0.25) is 4.79 Å². The van der Waals surface area contributed by atoms with Crippen LogP contribution in [0.2, 0.25) is 0 Å². The maximum Gasteiger partial charge on any atom is 0.248 e. The molecule has 0 bridgehead atoms. The van der Waals surface area contributed by atoms with Crippen LogP contribution in [-0.2, 0) is 9.53 Å². The Bertz CT molecular complexity index is 303. The summed E-state index contributed by atoms with van der Waals surface area (Å²) >= 11 is 0. The average Bonchev–Trinajstić information content (AvgIpc) is 2.43. The van der Waals surface area contributed by atoms with Crippen LogP contribution in [0.3, 0.4) is 0 Å². The van der Waals surface area contributed by atoms with Crippen molar-refractivity contribution in [3.05, 3.63) is 0 Å². The third kappa shape index (κ3) is 5.63. The quantitative estimate of drug-likeness (QED) is 0.561. The van der Waals surface area contributed by atoms with Crippen LogP contribution >= 0.6 is 0 Å². The molecule has 108 valence electrons. The number of hydrogen-bond acceptors (Lipinski definition) is 3. The van der Waals surface area contributed by atoms with E-state index in [2.05, 4.69) is 12.8 Å². The first-order valence-electron chi connectivity index (χ1n) is 7.10. The monoisotopic (exact) mass is 267 g/mol. The summed E-state index contributed by atoms with van der Waals surface area (Å²) in [5.41, 5.74) is 0.